The molecule has 2 heterocycles. The molecule has 7 heteroatoms. The molecule has 0 saturated carbocycles. The lowest BCUT2D eigenvalue weighted by atomic mass is 10.2. The minimum atomic E-state index is -0.825. The molecule has 1 fully saturated rings. The average Bonchev–Trinajstić information content (AvgIpc) is 2.82. The summed E-state index contributed by atoms with van der Waals surface area (Å²) in [5.41, 5.74) is 0.955. The Morgan fingerprint density at radius 2 is 2.44 bits per heavy atom. The Labute approximate surface area is 110 Å². The third-order valence-corrected chi connectivity index (χ3v) is 3.49. The van der Waals surface area contributed by atoms with Gasteiger partial charge in [0.05, 0.1) is 10.7 Å². The predicted octanol–water partition coefficient (Wildman–Crippen LogP) is 0.812. The summed E-state index contributed by atoms with van der Waals surface area (Å²) >= 11 is 6.01. The molecule has 0 aromatic carbocycles. The van der Waals surface area contributed by atoms with E-state index in [-0.39, 0.29) is 11.9 Å². The first-order valence-electron chi connectivity index (χ1n) is 5.83. The van der Waals surface area contributed by atoms with E-state index in [2.05, 4.69) is 15.7 Å². The summed E-state index contributed by atoms with van der Waals surface area (Å²) in [4.78, 5) is 12.0. The maximum atomic E-state index is 12.9. The van der Waals surface area contributed by atoms with Crippen molar-refractivity contribution >= 4 is 17.5 Å². The molecule has 0 aliphatic carbocycles. The van der Waals surface area contributed by atoms with Crippen molar-refractivity contribution in [3.05, 3.63) is 16.4 Å². The summed E-state index contributed by atoms with van der Waals surface area (Å²) < 4.78 is 14.4. The highest BCUT2D eigenvalue weighted by Crippen LogP contribution is 2.19. The number of nitrogens with zero attached hydrogens (tertiary/aromatic N) is 2. The van der Waals surface area contributed by atoms with Crippen LogP contribution in [0.5, 0.6) is 0 Å². The number of amides is 1. The first-order chi connectivity index (χ1) is 8.49. The molecule has 1 aliphatic rings. The minimum Gasteiger partial charge on any atom is -0.349 e. The Kier molecular flexibility index (Phi) is 3.87. The van der Waals surface area contributed by atoms with E-state index in [9.17, 15) is 9.18 Å². The van der Waals surface area contributed by atoms with Gasteiger partial charge in [0.1, 0.15) is 11.9 Å². The molecule has 0 unspecified atom stereocenters. The van der Waals surface area contributed by atoms with Crippen molar-refractivity contribution in [2.75, 3.05) is 13.1 Å². The smallest absolute Gasteiger partial charge is 0.271 e. The molecule has 2 atom stereocenters. The van der Waals surface area contributed by atoms with Gasteiger partial charge in [0.25, 0.3) is 5.91 Å². The Bertz CT molecular complexity index is 462. The summed E-state index contributed by atoms with van der Waals surface area (Å²) in [6, 6.07) is -0.0166. The maximum absolute atomic E-state index is 12.9. The van der Waals surface area contributed by atoms with E-state index < -0.39 is 6.17 Å². The van der Waals surface area contributed by atoms with Crippen LogP contribution in [-0.4, -0.2) is 41.0 Å². The van der Waals surface area contributed by atoms with Crippen molar-refractivity contribution in [3.8, 4) is 0 Å². The number of rotatable bonds is 3. The van der Waals surface area contributed by atoms with Crippen molar-refractivity contribution in [3.63, 3.8) is 0 Å². The molecule has 18 heavy (non-hydrogen) atoms. The highest BCUT2D eigenvalue weighted by Gasteiger charge is 2.25. The van der Waals surface area contributed by atoms with Crippen molar-refractivity contribution in [1.29, 1.82) is 0 Å². The van der Waals surface area contributed by atoms with Gasteiger partial charge in [-0.2, -0.15) is 5.10 Å². The summed E-state index contributed by atoms with van der Waals surface area (Å²) in [5.74, 6) is -0.285. The number of alkyl halides is 1. The normalized spacial score (nSPS) is 23.3. The van der Waals surface area contributed by atoms with Gasteiger partial charge in [0.15, 0.2) is 0 Å². The van der Waals surface area contributed by atoms with Crippen LogP contribution in [0.25, 0.3) is 0 Å². The summed E-state index contributed by atoms with van der Waals surface area (Å²) in [7, 11) is 1.67. The van der Waals surface area contributed by atoms with Crippen LogP contribution in [0.1, 0.15) is 22.6 Å². The predicted molar refractivity (Wildman–Crippen MR) is 66.6 cm³/mol. The number of carbonyl (C=O) groups is 1. The molecule has 5 nitrogen and oxygen atoms in total. The van der Waals surface area contributed by atoms with E-state index >= 15 is 0 Å². The fourth-order valence-electron chi connectivity index (χ4n) is 2.10. The fraction of sp³-hybridized carbons (Fsp3) is 0.636. The largest absolute Gasteiger partial charge is 0.349 e. The van der Waals surface area contributed by atoms with Gasteiger partial charge in [0.2, 0.25) is 0 Å². The molecular formula is C11H16ClFN4O. The molecular weight excluding hydrogens is 259 g/mol. The van der Waals surface area contributed by atoms with Gasteiger partial charge in [0, 0.05) is 26.2 Å². The number of aromatic nitrogens is 2. The third-order valence-electron chi connectivity index (χ3n) is 3.04. The molecule has 1 amide bonds. The van der Waals surface area contributed by atoms with Crippen LogP contribution in [0, 0.1) is 6.92 Å². The molecule has 1 aromatic rings. The van der Waals surface area contributed by atoms with E-state index in [1.807, 2.05) is 0 Å². The van der Waals surface area contributed by atoms with Crippen molar-refractivity contribution in [2.24, 2.45) is 7.05 Å². The lowest BCUT2D eigenvalue weighted by Crippen LogP contribution is -2.37. The Morgan fingerprint density at radius 3 is 2.94 bits per heavy atom. The topological polar surface area (TPSA) is 59.0 Å². The van der Waals surface area contributed by atoms with Crippen LogP contribution in [0.4, 0.5) is 4.39 Å². The molecule has 2 rings (SSSR count). The number of carbonyl (C=O) groups excluding carboxylic acids is 1. The number of nitrogens with one attached hydrogen (secondary N) is 2. The van der Waals surface area contributed by atoms with Crippen LogP contribution in [0.15, 0.2) is 0 Å². The zero-order valence-corrected chi connectivity index (χ0v) is 11.1. The van der Waals surface area contributed by atoms with Gasteiger partial charge in [-0.1, -0.05) is 11.6 Å². The molecule has 1 aliphatic heterocycles. The summed E-state index contributed by atoms with van der Waals surface area (Å²) in [6.07, 6.45) is -0.396. The van der Waals surface area contributed by atoms with Crippen LogP contribution in [0.2, 0.25) is 5.02 Å². The fourth-order valence-corrected chi connectivity index (χ4v) is 2.35. The lowest BCUT2D eigenvalue weighted by molar-refractivity contribution is 0.0940. The van der Waals surface area contributed by atoms with Crippen LogP contribution in [-0.2, 0) is 7.05 Å². The third kappa shape index (κ3) is 2.64. The summed E-state index contributed by atoms with van der Waals surface area (Å²) in [6.45, 7) is 2.48. The van der Waals surface area contributed by atoms with E-state index in [1.165, 1.54) is 4.68 Å². The van der Waals surface area contributed by atoms with E-state index in [1.54, 1.807) is 14.0 Å². The zero-order chi connectivity index (χ0) is 13.3. The molecule has 0 radical (unpaired) electrons. The first kappa shape index (κ1) is 13.3. The van der Waals surface area contributed by atoms with Crippen LogP contribution in [0.3, 0.4) is 0 Å². The van der Waals surface area contributed by atoms with Crippen molar-refractivity contribution in [1.82, 2.24) is 20.4 Å². The second kappa shape index (κ2) is 5.24. The quantitative estimate of drug-likeness (QED) is 0.858. The zero-order valence-electron chi connectivity index (χ0n) is 10.3. The number of halogens is 2. The summed E-state index contributed by atoms with van der Waals surface area (Å²) in [5, 5.41) is 10.2. The highest BCUT2D eigenvalue weighted by atomic mass is 35.5. The highest BCUT2D eigenvalue weighted by molar-refractivity contribution is 6.34. The average molecular weight is 275 g/mol. The number of aryl methyl sites for hydroxylation is 2. The van der Waals surface area contributed by atoms with Crippen molar-refractivity contribution < 1.29 is 9.18 Å². The van der Waals surface area contributed by atoms with Crippen LogP contribution >= 0.6 is 11.6 Å². The first-order valence-corrected chi connectivity index (χ1v) is 6.21. The van der Waals surface area contributed by atoms with Gasteiger partial charge in [-0.25, -0.2) is 4.39 Å². The van der Waals surface area contributed by atoms with Crippen LogP contribution < -0.4 is 10.6 Å². The molecule has 1 saturated heterocycles. The Hall–Kier alpha value is -1.14. The second-order valence-electron chi connectivity index (χ2n) is 4.52. The second-order valence-corrected chi connectivity index (χ2v) is 4.90. The molecule has 100 valence electrons. The van der Waals surface area contributed by atoms with Crippen molar-refractivity contribution in [2.45, 2.75) is 25.6 Å². The Balaban J connectivity index is 1.95. The van der Waals surface area contributed by atoms with E-state index in [4.69, 9.17) is 11.6 Å². The van der Waals surface area contributed by atoms with Gasteiger partial charge in [-0.15, -0.1) is 0 Å². The SMILES string of the molecule is Cc1nn(C)c(C(=O)NC[C@@H]2C[C@H](F)CN2)c1Cl. The van der Waals surface area contributed by atoms with Gasteiger partial charge in [-0.3, -0.25) is 9.48 Å². The monoisotopic (exact) mass is 274 g/mol. The Morgan fingerprint density at radius 1 is 1.72 bits per heavy atom. The molecule has 0 spiro atoms. The number of hydrogen-bond donors (Lipinski definition) is 2. The lowest BCUT2D eigenvalue weighted by Gasteiger charge is -2.11. The standard InChI is InChI=1S/C11H16ClFN4O/c1-6-9(12)10(17(2)16-6)11(18)15-5-8-3-7(13)4-14-8/h7-8,14H,3-5H2,1-2H3,(H,15,18)/t7-,8-/m0/s1. The maximum Gasteiger partial charge on any atom is 0.271 e. The molecule has 1 aromatic heterocycles. The van der Waals surface area contributed by atoms with Gasteiger partial charge < -0.3 is 10.6 Å². The van der Waals surface area contributed by atoms with Gasteiger partial charge >= 0.3 is 0 Å². The van der Waals surface area contributed by atoms with Gasteiger partial charge in [-0.05, 0) is 13.3 Å². The molecule has 2 N–H and O–H groups in total. The number of hydrogen-bond acceptors (Lipinski definition) is 3. The van der Waals surface area contributed by atoms with E-state index in [0.717, 1.165) is 0 Å². The minimum absolute atomic E-state index is 0.0166. The van der Waals surface area contributed by atoms with E-state index in [0.29, 0.717) is 35.9 Å². The molecule has 0 bridgehead atoms.